The first-order chi connectivity index (χ1) is 8.81. The molecule has 1 aromatic heterocycles. The Balaban J connectivity index is 1.82. The van der Waals surface area contributed by atoms with Crippen molar-refractivity contribution >= 4 is 5.91 Å². The molecule has 0 unspecified atom stereocenters. The Kier molecular flexibility index (Phi) is 2.44. The van der Waals surface area contributed by atoms with Gasteiger partial charge in [-0.3, -0.25) is 4.79 Å². The van der Waals surface area contributed by atoms with E-state index in [1.807, 2.05) is 0 Å². The molecule has 0 radical (unpaired) electrons. The van der Waals surface area contributed by atoms with E-state index in [1.165, 1.54) is 11.1 Å². The minimum absolute atomic E-state index is 0.103. The Morgan fingerprint density at radius 2 is 2.05 bits per heavy atom. The van der Waals surface area contributed by atoms with Gasteiger partial charge in [0.2, 0.25) is 11.7 Å². The van der Waals surface area contributed by atoms with Crippen LogP contribution in [0.1, 0.15) is 24.4 Å². The third kappa shape index (κ3) is 1.99. The van der Waals surface area contributed by atoms with Gasteiger partial charge >= 0.3 is 6.18 Å². The van der Waals surface area contributed by atoms with E-state index in [4.69, 9.17) is 5.73 Å². The number of hydrogen-bond donors (Lipinski definition) is 1. The van der Waals surface area contributed by atoms with Gasteiger partial charge in [-0.15, -0.1) is 0 Å². The molecule has 0 aromatic carbocycles. The number of halogens is 3. The second-order valence-corrected chi connectivity index (χ2v) is 5.11. The van der Waals surface area contributed by atoms with Gasteiger partial charge < -0.3 is 15.2 Å². The van der Waals surface area contributed by atoms with E-state index in [2.05, 4.69) is 4.98 Å². The zero-order valence-corrected chi connectivity index (χ0v) is 10.1. The van der Waals surface area contributed by atoms with Crippen molar-refractivity contribution in [1.82, 2.24) is 14.5 Å². The van der Waals surface area contributed by atoms with E-state index in [9.17, 15) is 18.0 Å². The molecule has 0 spiro atoms. The molecule has 1 aliphatic carbocycles. The molecule has 3 rings (SSSR count). The summed E-state index contributed by atoms with van der Waals surface area (Å²) in [6, 6.07) is 0. The van der Waals surface area contributed by atoms with Crippen LogP contribution in [-0.2, 0) is 24.1 Å². The average Bonchev–Trinajstić information content (AvgIpc) is 2.93. The number of aromatic nitrogens is 2. The lowest BCUT2D eigenvalue weighted by atomic mass is 10.2. The van der Waals surface area contributed by atoms with Gasteiger partial charge in [-0.2, -0.15) is 13.2 Å². The summed E-state index contributed by atoms with van der Waals surface area (Å²) < 4.78 is 39.2. The van der Waals surface area contributed by atoms with Crippen LogP contribution >= 0.6 is 0 Å². The van der Waals surface area contributed by atoms with Crippen LogP contribution < -0.4 is 5.73 Å². The van der Waals surface area contributed by atoms with Crippen LogP contribution in [0.25, 0.3) is 0 Å². The van der Waals surface area contributed by atoms with E-state index < -0.39 is 17.5 Å². The highest BCUT2D eigenvalue weighted by atomic mass is 19.4. The molecule has 2 heterocycles. The van der Waals surface area contributed by atoms with E-state index in [-0.39, 0.29) is 25.5 Å². The molecular weight excluding hydrogens is 261 g/mol. The van der Waals surface area contributed by atoms with Crippen molar-refractivity contribution in [2.45, 2.75) is 37.6 Å². The summed E-state index contributed by atoms with van der Waals surface area (Å²) in [5, 5.41) is 0. The summed E-state index contributed by atoms with van der Waals surface area (Å²) in [5.74, 6) is -1.07. The first-order valence-electron chi connectivity index (χ1n) is 6.01. The predicted molar refractivity (Wildman–Crippen MR) is 58.8 cm³/mol. The highest BCUT2D eigenvalue weighted by molar-refractivity contribution is 5.89. The maximum atomic E-state index is 12.7. The number of fused-ring (bicyclic) bond motifs is 1. The number of carbonyl (C=O) groups excluding carboxylic acids is 1. The Hall–Kier alpha value is -1.57. The topological polar surface area (TPSA) is 64.2 Å². The van der Waals surface area contributed by atoms with Crippen molar-refractivity contribution in [3.63, 3.8) is 0 Å². The standard InChI is InChI=1S/C11H13F3N4O/c12-11(13,14)8-16-5-7-6-17(3-4-18(7)8)9(19)10(15)1-2-10/h5H,1-4,6,15H2. The molecule has 104 valence electrons. The second kappa shape index (κ2) is 3.72. The Morgan fingerprint density at radius 1 is 1.37 bits per heavy atom. The lowest BCUT2D eigenvalue weighted by Gasteiger charge is -2.31. The number of hydrogen-bond acceptors (Lipinski definition) is 3. The normalized spacial score (nSPS) is 21.2. The molecule has 2 aliphatic rings. The number of nitrogens with two attached hydrogens (primary N) is 1. The van der Waals surface area contributed by atoms with E-state index in [0.29, 0.717) is 18.5 Å². The summed E-state index contributed by atoms with van der Waals surface area (Å²) in [6.45, 7) is 0.483. The van der Waals surface area contributed by atoms with Gasteiger partial charge in [0.15, 0.2) is 0 Å². The van der Waals surface area contributed by atoms with Crippen molar-refractivity contribution in [3.8, 4) is 0 Å². The van der Waals surface area contributed by atoms with E-state index in [0.717, 1.165) is 4.57 Å². The Bertz CT molecular complexity index is 533. The molecule has 1 aliphatic heterocycles. The molecule has 1 amide bonds. The SMILES string of the molecule is NC1(C(=O)N2CCn3c(cnc3C(F)(F)F)C2)CC1. The van der Waals surface area contributed by atoms with Gasteiger partial charge in [-0.05, 0) is 12.8 Å². The van der Waals surface area contributed by atoms with Crippen molar-refractivity contribution in [2.24, 2.45) is 5.73 Å². The fourth-order valence-corrected chi connectivity index (χ4v) is 2.35. The van der Waals surface area contributed by atoms with Gasteiger partial charge in [0.05, 0.1) is 24.0 Å². The highest BCUT2D eigenvalue weighted by Gasteiger charge is 2.49. The third-order valence-electron chi connectivity index (χ3n) is 3.64. The molecule has 19 heavy (non-hydrogen) atoms. The zero-order valence-electron chi connectivity index (χ0n) is 10.1. The second-order valence-electron chi connectivity index (χ2n) is 5.11. The predicted octanol–water partition coefficient (Wildman–Crippen LogP) is 0.735. The Morgan fingerprint density at radius 3 is 2.63 bits per heavy atom. The number of amides is 1. The number of carbonyl (C=O) groups is 1. The van der Waals surface area contributed by atoms with Crippen LogP contribution in [0.4, 0.5) is 13.2 Å². The summed E-state index contributed by atoms with van der Waals surface area (Å²) in [4.78, 5) is 17.0. The van der Waals surface area contributed by atoms with Gasteiger partial charge in [0.25, 0.3) is 0 Å². The first-order valence-corrected chi connectivity index (χ1v) is 6.01. The molecule has 5 nitrogen and oxygen atoms in total. The maximum absolute atomic E-state index is 12.7. The van der Waals surface area contributed by atoms with Crippen LogP contribution in [-0.4, -0.2) is 32.4 Å². The van der Waals surface area contributed by atoms with Gasteiger partial charge in [-0.25, -0.2) is 4.98 Å². The minimum Gasteiger partial charge on any atom is -0.333 e. The lowest BCUT2D eigenvalue weighted by Crippen LogP contribution is -2.48. The molecule has 0 saturated heterocycles. The number of alkyl halides is 3. The summed E-state index contributed by atoms with van der Waals surface area (Å²) >= 11 is 0. The number of rotatable bonds is 1. The minimum atomic E-state index is -4.46. The molecule has 0 atom stereocenters. The van der Waals surface area contributed by atoms with Crippen molar-refractivity contribution in [2.75, 3.05) is 6.54 Å². The summed E-state index contributed by atoms with van der Waals surface area (Å²) in [7, 11) is 0. The van der Waals surface area contributed by atoms with Crippen LogP contribution in [0.5, 0.6) is 0 Å². The molecular formula is C11H13F3N4O. The molecule has 1 aromatic rings. The van der Waals surface area contributed by atoms with Gasteiger partial charge in [0, 0.05) is 13.1 Å². The van der Waals surface area contributed by atoms with E-state index in [1.54, 1.807) is 0 Å². The highest BCUT2D eigenvalue weighted by Crippen LogP contribution is 2.36. The van der Waals surface area contributed by atoms with Crippen LogP contribution in [0.15, 0.2) is 6.20 Å². The van der Waals surface area contributed by atoms with E-state index >= 15 is 0 Å². The van der Waals surface area contributed by atoms with Crippen LogP contribution in [0.3, 0.4) is 0 Å². The summed E-state index contributed by atoms with van der Waals surface area (Å²) in [6.07, 6.45) is -1.99. The maximum Gasteiger partial charge on any atom is 0.449 e. The van der Waals surface area contributed by atoms with Crippen LogP contribution in [0, 0.1) is 0 Å². The number of nitrogens with zero attached hydrogens (tertiary/aromatic N) is 3. The fourth-order valence-electron chi connectivity index (χ4n) is 2.35. The largest absolute Gasteiger partial charge is 0.449 e. The molecule has 1 saturated carbocycles. The van der Waals surface area contributed by atoms with Crippen molar-refractivity contribution < 1.29 is 18.0 Å². The van der Waals surface area contributed by atoms with Crippen molar-refractivity contribution in [3.05, 3.63) is 17.7 Å². The lowest BCUT2D eigenvalue weighted by molar-refractivity contribution is -0.148. The van der Waals surface area contributed by atoms with Gasteiger partial charge in [0.1, 0.15) is 0 Å². The quantitative estimate of drug-likeness (QED) is 0.821. The van der Waals surface area contributed by atoms with Crippen molar-refractivity contribution in [1.29, 1.82) is 0 Å². The first kappa shape index (κ1) is 12.5. The molecule has 1 fully saturated rings. The van der Waals surface area contributed by atoms with Gasteiger partial charge in [-0.1, -0.05) is 0 Å². The average molecular weight is 274 g/mol. The third-order valence-corrected chi connectivity index (χ3v) is 3.64. The molecule has 8 heteroatoms. The smallest absolute Gasteiger partial charge is 0.333 e. The zero-order chi connectivity index (χ0) is 13.8. The Labute approximate surface area is 107 Å². The summed E-state index contributed by atoms with van der Waals surface area (Å²) in [5.41, 5.74) is 5.44. The molecule has 0 bridgehead atoms. The monoisotopic (exact) mass is 274 g/mol. The number of imidazole rings is 1. The molecule has 2 N–H and O–H groups in total. The fraction of sp³-hybridized carbons (Fsp3) is 0.636. The van der Waals surface area contributed by atoms with Crippen LogP contribution in [0.2, 0.25) is 0 Å².